The molecule has 0 heterocycles. The quantitative estimate of drug-likeness (QED) is 0.318. The summed E-state index contributed by atoms with van der Waals surface area (Å²) in [6, 6.07) is 12.6. The molecular weight excluding hydrogens is 417 g/mol. The van der Waals surface area contributed by atoms with Crippen molar-refractivity contribution in [1.82, 2.24) is 0 Å². The zero-order chi connectivity index (χ0) is 18.4. The molecule has 0 N–H and O–H groups in total. The lowest BCUT2D eigenvalue weighted by molar-refractivity contribution is -0.142. The number of thioether (sulfide) groups is 1. The molecule has 0 saturated carbocycles. The summed E-state index contributed by atoms with van der Waals surface area (Å²) >= 11 is 4.62. The van der Waals surface area contributed by atoms with Crippen LogP contribution in [0, 0.1) is 0 Å². The van der Waals surface area contributed by atoms with Crippen LogP contribution in [0.5, 0.6) is 0 Å². The van der Waals surface area contributed by atoms with Gasteiger partial charge >= 0.3 is 12.1 Å². The van der Waals surface area contributed by atoms with Crippen molar-refractivity contribution in [2.75, 3.05) is 6.61 Å². The van der Waals surface area contributed by atoms with E-state index in [9.17, 15) is 18.0 Å². The van der Waals surface area contributed by atoms with E-state index in [0.717, 1.165) is 23.3 Å². The highest BCUT2D eigenvalue weighted by atomic mass is 79.9. The Hall–Kier alpha value is -1.47. The fourth-order valence-corrected chi connectivity index (χ4v) is 3.41. The van der Waals surface area contributed by atoms with Gasteiger partial charge in [-0.15, -0.1) is 11.8 Å². The minimum absolute atomic E-state index is 0.312. The molecule has 0 bridgehead atoms. The molecule has 2 rings (SSSR count). The van der Waals surface area contributed by atoms with Crippen LogP contribution in [0.25, 0.3) is 0 Å². The van der Waals surface area contributed by atoms with E-state index in [0.29, 0.717) is 17.3 Å². The van der Waals surface area contributed by atoms with E-state index < -0.39 is 16.6 Å². The van der Waals surface area contributed by atoms with Crippen molar-refractivity contribution in [1.29, 1.82) is 0 Å². The van der Waals surface area contributed by atoms with E-state index in [1.807, 2.05) is 12.1 Å². The molecule has 0 aliphatic carbocycles. The van der Waals surface area contributed by atoms with Gasteiger partial charge in [0.1, 0.15) is 4.83 Å². The highest BCUT2D eigenvalue weighted by molar-refractivity contribution is 9.09. The Bertz CT molecular complexity index is 717. The Kier molecular flexibility index (Phi) is 6.95. The summed E-state index contributed by atoms with van der Waals surface area (Å²) in [4.78, 5) is 11.7. The summed E-state index contributed by atoms with van der Waals surface area (Å²) in [6.45, 7) is 2.05. The number of rotatable bonds is 6. The van der Waals surface area contributed by atoms with Crippen LogP contribution in [-0.4, -0.2) is 12.6 Å². The highest BCUT2D eigenvalue weighted by Gasteiger charge is 2.30. The molecule has 0 saturated heterocycles. The first-order valence-electron chi connectivity index (χ1n) is 7.51. The third kappa shape index (κ3) is 5.78. The second kappa shape index (κ2) is 8.76. The van der Waals surface area contributed by atoms with E-state index >= 15 is 0 Å². The molecule has 2 aromatic rings. The molecule has 0 aromatic heterocycles. The summed E-state index contributed by atoms with van der Waals surface area (Å²) in [7, 11) is 0. The maximum absolute atomic E-state index is 12.7. The van der Waals surface area contributed by atoms with Gasteiger partial charge in [-0.3, -0.25) is 4.79 Å². The van der Waals surface area contributed by atoms with Crippen molar-refractivity contribution in [3.05, 3.63) is 65.2 Å². The van der Waals surface area contributed by atoms with E-state index in [-0.39, 0.29) is 5.97 Å². The van der Waals surface area contributed by atoms with E-state index in [2.05, 4.69) is 15.9 Å². The van der Waals surface area contributed by atoms with Gasteiger partial charge in [0.2, 0.25) is 0 Å². The first-order chi connectivity index (χ1) is 11.8. The Balaban J connectivity index is 1.99. The molecule has 0 aliphatic heterocycles. The lowest BCUT2D eigenvalue weighted by Crippen LogP contribution is -2.10. The fourth-order valence-electron chi connectivity index (χ4n) is 2.06. The summed E-state index contributed by atoms with van der Waals surface area (Å²) in [6.07, 6.45) is -4.34. The van der Waals surface area contributed by atoms with Gasteiger partial charge in [-0.2, -0.15) is 13.2 Å². The molecule has 7 heteroatoms. The van der Waals surface area contributed by atoms with Crippen LogP contribution in [-0.2, 0) is 21.5 Å². The standard InChI is InChI=1S/C18H16BrF3O2S/c1-2-24-17(23)16(19)13-8-6-12(7-9-13)11-25-15-5-3-4-14(10-15)18(20,21)22/h3-10,16H,2,11H2,1H3. The average Bonchev–Trinajstić information content (AvgIpc) is 2.59. The SMILES string of the molecule is CCOC(=O)C(Br)c1ccc(CSc2cccc(C(F)(F)F)c2)cc1. The molecule has 1 atom stereocenters. The van der Waals surface area contributed by atoms with Crippen molar-refractivity contribution in [3.63, 3.8) is 0 Å². The van der Waals surface area contributed by atoms with Crippen molar-refractivity contribution >= 4 is 33.7 Å². The first kappa shape index (κ1) is 19.8. The largest absolute Gasteiger partial charge is 0.465 e. The van der Waals surface area contributed by atoms with Crippen LogP contribution < -0.4 is 0 Å². The normalized spacial score (nSPS) is 12.7. The van der Waals surface area contributed by atoms with Crippen LogP contribution in [0.3, 0.4) is 0 Å². The number of ether oxygens (including phenoxy) is 1. The van der Waals surface area contributed by atoms with Crippen LogP contribution >= 0.6 is 27.7 Å². The minimum Gasteiger partial charge on any atom is -0.465 e. The number of halogens is 4. The summed E-state index contributed by atoms with van der Waals surface area (Å²) in [5.41, 5.74) is 1.07. The predicted octanol–water partition coefficient (Wildman–Crippen LogP) is 6.00. The van der Waals surface area contributed by atoms with Crippen molar-refractivity contribution in [2.24, 2.45) is 0 Å². The molecule has 0 spiro atoms. The van der Waals surface area contributed by atoms with Gasteiger partial charge in [0.15, 0.2) is 0 Å². The minimum atomic E-state index is -4.34. The van der Waals surface area contributed by atoms with Crippen LogP contribution in [0.1, 0.15) is 28.4 Å². The van der Waals surface area contributed by atoms with E-state index in [1.54, 1.807) is 25.1 Å². The topological polar surface area (TPSA) is 26.3 Å². The summed E-state index contributed by atoms with van der Waals surface area (Å²) < 4.78 is 43.1. The Morgan fingerprint density at radius 1 is 1.20 bits per heavy atom. The van der Waals surface area contributed by atoms with Crippen LogP contribution in [0.2, 0.25) is 0 Å². The highest BCUT2D eigenvalue weighted by Crippen LogP contribution is 2.33. The molecule has 0 aliphatic rings. The third-order valence-electron chi connectivity index (χ3n) is 3.33. The number of esters is 1. The summed E-state index contributed by atoms with van der Waals surface area (Å²) in [5, 5.41) is 0. The third-order valence-corrected chi connectivity index (χ3v) is 5.30. The molecule has 2 nitrogen and oxygen atoms in total. The van der Waals surface area contributed by atoms with Gasteiger partial charge in [0, 0.05) is 10.6 Å². The lowest BCUT2D eigenvalue weighted by Gasteiger charge is -2.10. The molecule has 0 amide bonds. The van der Waals surface area contributed by atoms with E-state index in [4.69, 9.17) is 4.74 Å². The lowest BCUT2D eigenvalue weighted by atomic mass is 10.1. The average molecular weight is 433 g/mol. The molecule has 2 aromatic carbocycles. The van der Waals surface area contributed by atoms with Crippen molar-refractivity contribution in [3.8, 4) is 0 Å². The van der Waals surface area contributed by atoms with Gasteiger partial charge in [0.25, 0.3) is 0 Å². The van der Waals surface area contributed by atoms with Crippen LogP contribution in [0.15, 0.2) is 53.4 Å². The number of carbonyl (C=O) groups excluding carboxylic acids is 1. The van der Waals surface area contributed by atoms with Gasteiger partial charge < -0.3 is 4.74 Å². The maximum atomic E-state index is 12.7. The summed E-state index contributed by atoms with van der Waals surface area (Å²) in [5.74, 6) is 0.183. The number of alkyl halides is 4. The van der Waals surface area contributed by atoms with Gasteiger partial charge in [-0.05, 0) is 36.2 Å². The Labute approximate surface area is 156 Å². The van der Waals surface area contributed by atoms with E-state index in [1.165, 1.54) is 17.8 Å². The Morgan fingerprint density at radius 2 is 1.88 bits per heavy atom. The van der Waals surface area contributed by atoms with Gasteiger partial charge in [0.05, 0.1) is 12.2 Å². The molecule has 0 fully saturated rings. The van der Waals surface area contributed by atoms with Crippen molar-refractivity contribution < 1.29 is 22.7 Å². The zero-order valence-electron chi connectivity index (χ0n) is 13.3. The molecular formula is C18H16BrF3O2S. The fraction of sp³-hybridized carbons (Fsp3) is 0.278. The zero-order valence-corrected chi connectivity index (χ0v) is 15.7. The van der Waals surface area contributed by atoms with Crippen LogP contribution in [0.4, 0.5) is 13.2 Å². The molecule has 1 unspecified atom stereocenters. The first-order valence-corrected chi connectivity index (χ1v) is 9.41. The Morgan fingerprint density at radius 3 is 2.48 bits per heavy atom. The molecule has 0 radical (unpaired) electrons. The number of carbonyl (C=O) groups is 1. The number of hydrogen-bond acceptors (Lipinski definition) is 3. The van der Waals surface area contributed by atoms with Gasteiger partial charge in [-0.25, -0.2) is 0 Å². The van der Waals surface area contributed by atoms with Gasteiger partial charge in [-0.1, -0.05) is 46.3 Å². The van der Waals surface area contributed by atoms with Crippen molar-refractivity contribution in [2.45, 2.75) is 28.6 Å². The number of benzene rings is 2. The monoisotopic (exact) mass is 432 g/mol. The second-order valence-corrected chi connectivity index (χ2v) is 7.13. The second-order valence-electron chi connectivity index (χ2n) is 5.17. The number of hydrogen-bond donors (Lipinski definition) is 0. The predicted molar refractivity (Wildman–Crippen MR) is 95.7 cm³/mol. The molecule has 25 heavy (non-hydrogen) atoms. The smallest absolute Gasteiger partial charge is 0.416 e. The molecule has 134 valence electrons. The maximum Gasteiger partial charge on any atom is 0.416 e.